The van der Waals surface area contributed by atoms with E-state index in [9.17, 15) is 9.59 Å². The summed E-state index contributed by atoms with van der Waals surface area (Å²) in [7, 11) is 0. The zero-order chi connectivity index (χ0) is 11.8. The fourth-order valence-electron chi connectivity index (χ4n) is 2.41. The van der Waals surface area contributed by atoms with Crippen LogP contribution in [0, 0.1) is 5.41 Å². The third kappa shape index (κ3) is 2.06. The SMILES string of the molecule is CC1(C)CC(=O)C(c2ccccc2)C(=O)C1. The average Bonchev–Trinajstić information content (AvgIpc) is 2.16. The Labute approximate surface area is 95.7 Å². The Bertz CT molecular complexity index is 398. The van der Waals surface area contributed by atoms with Gasteiger partial charge in [0.25, 0.3) is 0 Å². The van der Waals surface area contributed by atoms with Crippen LogP contribution in [-0.2, 0) is 9.59 Å². The van der Waals surface area contributed by atoms with Gasteiger partial charge in [0.15, 0.2) is 0 Å². The largest absolute Gasteiger partial charge is 0.299 e. The van der Waals surface area contributed by atoms with Gasteiger partial charge in [0.2, 0.25) is 0 Å². The molecule has 0 radical (unpaired) electrons. The molecule has 2 nitrogen and oxygen atoms in total. The van der Waals surface area contributed by atoms with E-state index in [0.717, 1.165) is 5.56 Å². The molecular weight excluding hydrogens is 200 g/mol. The Kier molecular flexibility index (Phi) is 2.66. The first-order valence-electron chi connectivity index (χ1n) is 5.60. The maximum Gasteiger partial charge on any atom is 0.148 e. The molecule has 0 unspecified atom stereocenters. The summed E-state index contributed by atoms with van der Waals surface area (Å²) in [5, 5.41) is 0. The molecule has 0 N–H and O–H groups in total. The van der Waals surface area contributed by atoms with Crippen molar-refractivity contribution in [2.45, 2.75) is 32.6 Å². The van der Waals surface area contributed by atoms with Gasteiger partial charge in [-0.05, 0) is 11.0 Å². The van der Waals surface area contributed by atoms with Crippen LogP contribution in [0.3, 0.4) is 0 Å². The van der Waals surface area contributed by atoms with Gasteiger partial charge in [-0.2, -0.15) is 0 Å². The monoisotopic (exact) mass is 216 g/mol. The lowest BCUT2D eigenvalue weighted by molar-refractivity contribution is -0.135. The molecular formula is C14H16O2. The van der Waals surface area contributed by atoms with Crippen LogP contribution >= 0.6 is 0 Å². The molecule has 1 aromatic rings. The molecule has 0 aliphatic heterocycles. The number of rotatable bonds is 1. The van der Waals surface area contributed by atoms with Gasteiger partial charge in [0.1, 0.15) is 17.5 Å². The van der Waals surface area contributed by atoms with Crippen LogP contribution in [0.4, 0.5) is 0 Å². The minimum Gasteiger partial charge on any atom is -0.299 e. The molecule has 2 rings (SSSR count). The Morgan fingerprint density at radius 3 is 2.00 bits per heavy atom. The standard InChI is InChI=1S/C14H16O2/c1-14(2)8-11(15)13(12(16)9-14)10-6-4-3-5-7-10/h3-7,13H,8-9H2,1-2H3. The Balaban J connectivity index is 2.31. The van der Waals surface area contributed by atoms with E-state index in [4.69, 9.17) is 0 Å². The normalized spacial score (nSPS) is 21.1. The first-order chi connectivity index (χ1) is 7.49. The number of hydrogen-bond acceptors (Lipinski definition) is 2. The highest BCUT2D eigenvalue weighted by atomic mass is 16.2. The second-order valence-corrected chi connectivity index (χ2v) is 5.29. The van der Waals surface area contributed by atoms with Crippen molar-refractivity contribution < 1.29 is 9.59 Å². The predicted molar refractivity (Wildman–Crippen MR) is 62.2 cm³/mol. The van der Waals surface area contributed by atoms with Crippen LogP contribution in [0.15, 0.2) is 30.3 Å². The number of carbonyl (C=O) groups is 2. The highest BCUT2D eigenvalue weighted by molar-refractivity contribution is 6.10. The van der Waals surface area contributed by atoms with Crippen molar-refractivity contribution in [3.8, 4) is 0 Å². The zero-order valence-corrected chi connectivity index (χ0v) is 9.69. The molecule has 0 atom stereocenters. The van der Waals surface area contributed by atoms with Gasteiger partial charge >= 0.3 is 0 Å². The topological polar surface area (TPSA) is 34.1 Å². The molecule has 0 amide bonds. The van der Waals surface area contributed by atoms with E-state index < -0.39 is 5.92 Å². The quantitative estimate of drug-likeness (QED) is 0.676. The fraction of sp³-hybridized carbons (Fsp3) is 0.429. The maximum atomic E-state index is 12.0. The van der Waals surface area contributed by atoms with Crippen molar-refractivity contribution in [3.05, 3.63) is 35.9 Å². The van der Waals surface area contributed by atoms with Crippen molar-refractivity contribution in [2.75, 3.05) is 0 Å². The number of Topliss-reactive ketones (excluding diaryl/α,β-unsaturated/α-hetero) is 2. The van der Waals surface area contributed by atoms with Crippen molar-refractivity contribution in [1.29, 1.82) is 0 Å². The van der Waals surface area contributed by atoms with Gasteiger partial charge in [-0.1, -0.05) is 44.2 Å². The van der Waals surface area contributed by atoms with Crippen LogP contribution < -0.4 is 0 Å². The van der Waals surface area contributed by atoms with Crippen LogP contribution in [0.2, 0.25) is 0 Å². The van der Waals surface area contributed by atoms with Crippen LogP contribution in [-0.4, -0.2) is 11.6 Å². The van der Waals surface area contributed by atoms with Gasteiger partial charge in [0.05, 0.1) is 0 Å². The van der Waals surface area contributed by atoms with Gasteiger partial charge in [-0.3, -0.25) is 9.59 Å². The highest BCUT2D eigenvalue weighted by Gasteiger charge is 2.40. The third-order valence-corrected chi connectivity index (χ3v) is 3.08. The molecule has 1 saturated carbocycles. The van der Waals surface area contributed by atoms with Crippen LogP contribution in [0.5, 0.6) is 0 Å². The lowest BCUT2D eigenvalue weighted by Gasteiger charge is -2.32. The van der Waals surface area contributed by atoms with E-state index in [-0.39, 0.29) is 17.0 Å². The smallest absolute Gasteiger partial charge is 0.148 e. The molecule has 0 saturated heterocycles. The van der Waals surface area contributed by atoms with E-state index >= 15 is 0 Å². The molecule has 0 heterocycles. The van der Waals surface area contributed by atoms with E-state index in [0.29, 0.717) is 12.8 Å². The third-order valence-electron chi connectivity index (χ3n) is 3.08. The van der Waals surface area contributed by atoms with Gasteiger partial charge in [-0.15, -0.1) is 0 Å². The minimum absolute atomic E-state index is 0.0625. The molecule has 1 fully saturated rings. The van der Waals surface area contributed by atoms with Gasteiger partial charge in [0, 0.05) is 12.8 Å². The molecule has 0 bridgehead atoms. The molecule has 0 spiro atoms. The molecule has 16 heavy (non-hydrogen) atoms. The average molecular weight is 216 g/mol. The number of benzene rings is 1. The first-order valence-corrected chi connectivity index (χ1v) is 5.60. The number of ketones is 2. The number of carbonyl (C=O) groups excluding carboxylic acids is 2. The van der Waals surface area contributed by atoms with E-state index in [1.807, 2.05) is 44.2 Å². The zero-order valence-electron chi connectivity index (χ0n) is 9.69. The summed E-state index contributed by atoms with van der Waals surface area (Å²) in [6.45, 7) is 3.95. The molecule has 1 aliphatic rings. The fourth-order valence-corrected chi connectivity index (χ4v) is 2.41. The second-order valence-electron chi connectivity index (χ2n) is 5.29. The number of hydrogen-bond donors (Lipinski definition) is 0. The molecule has 0 aromatic heterocycles. The lowest BCUT2D eigenvalue weighted by Crippen LogP contribution is -2.35. The minimum atomic E-state index is -0.519. The summed E-state index contributed by atoms with van der Waals surface area (Å²) < 4.78 is 0. The summed E-state index contributed by atoms with van der Waals surface area (Å²) in [6, 6.07) is 9.36. The summed E-state index contributed by atoms with van der Waals surface area (Å²) in [4.78, 5) is 24.0. The highest BCUT2D eigenvalue weighted by Crippen LogP contribution is 2.37. The second kappa shape index (κ2) is 3.85. The van der Waals surface area contributed by atoms with E-state index in [1.54, 1.807) is 0 Å². The van der Waals surface area contributed by atoms with Crippen molar-refractivity contribution >= 4 is 11.6 Å². The van der Waals surface area contributed by atoms with Crippen LogP contribution in [0.1, 0.15) is 38.2 Å². The predicted octanol–water partition coefficient (Wildman–Crippen LogP) is 2.73. The molecule has 2 heteroatoms. The Morgan fingerprint density at radius 2 is 1.50 bits per heavy atom. The summed E-state index contributed by atoms with van der Waals surface area (Å²) >= 11 is 0. The van der Waals surface area contributed by atoms with Crippen molar-refractivity contribution in [2.24, 2.45) is 5.41 Å². The first kappa shape index (κ1) is 11.1. The Hall–Kier alpha value is -1.44. The van der Waals surface area contributed by atoms with Crippen molar-refractivity contribution in [1.82, 2.24) is 0 Å². The van der Waals surface area contributed by atoms with E-state index in [1.165, 1.54) is 0 Å². The molecule has 1 aromatic carbocycles. The molecule has 84 valence electrons. The lowest BCUT2D eigenvalue weighted by atomic mass is 9.70. The van der Waals surface area contributed by atoms with E-state index in [2.05, 4.69) is 0 Å². The maximum absolute atomic E-state index is 12.0. The summed E-state index contributed by atoms with van der Waals surface area (Å²) in [6.07, 6.45) is 0.997. The van der Waals surface area contributed by atoms with Gasteiger partial charge in [-0.25, -0.2) is 0 Å². The summed E-state index contributed by atoms with van der Waals surface area (Å²) in [5.74, 6) is -0.394. The van der Waals surface area contributed by atoms with Gasteiger partial charge < -0.3 is 0 Å². The molecule has 1 aliphatic carbocycles. The Morgan fingerprint density at radius 1 is 1.00 bits per heavy atom. The summed E-state index contributed by atoms with van der Waals surface area (Å²) in [5.41, 5.74) is 0.674. The van der Waals surface area contributed by atoms with Crippen LogP contribution in [0.25, 0.3) is 0 Å². The van der Waals surface area contributed by atoms with Crippen molar-refractivity contribution in [3.63, 3.8) is 0 Å².